The fraction of sp³-hybridized carbons (Fsp3) is 0.261. The van der Waals surface area contributed by atoms with Crippen LogP contribution in [0.4, 0.5) is 13.2 Å². The Kier molecular flexibility index (Phi) is 6.16. The summed E-state index contributed by atoms with van der Waals surface area (Å²) in [5, 5.41) is 0.612. The molecule has 1 aromatic heterocycles. The van der Waals surface area contributed by atoms with Gasteiger partial charge in [0, 0.05) is 23.6 Å². The van der Waals surface area contributed by atoms with Gasteiger partial charge in [-0.25, -0.2) is 9.78 Å². The van der Waals surface area contributed by atoms with E-state index in [1.54, 1.807) is 18.5 Å². The lowest BCUT2D eigenvalue weighted by Crippen LogP contribution is -2.49. The van der Waals surface area contributed by atoms with Crippen LogP contribution in [0.1, 0.15) is 32.9 Å². The summed E-state index contributed by atoms with van der Waals surface area (Å²) in [6.45, 7) is 0.535. The predicted octanol–water partition coefficient (Wildman–Crippen LogP) is 4.34. The van der Waals surface area contributed by atoms with E-state index < -0.39 is 29.7 Å². The SMILES string of the molecule is COC(=O)C1Cc2ncn(Cc3ccc(Cl)cc3)c2CN1C(=O)c1ccc(C(F)(F)F)cc1. The van der Waals surface area contributed by atoms with Gasteiger partial charge in [0.2, 0.25) is 0 Å². The Labute approximate surface area is 192 Å². The van der Waals surface area contributed by atoms with Crippen molar-refractivity contribution in [2.45, 2.75) is 31.7 Å². The Hall–Kier alpha value is -3.33. The van der Waals surface area contributed by atoms with Crippen LogP contribution in [-0.2, 0) is 35.2 Å². The fourth-order valence-corrected chi connectivity index (χ4v) is 3.94. The maximum atomic E-state index is 13.2. The number of imidazole rings is 1. The van der Waals surface area contributed by atoms with Crippen molar-refractivity contribution in [3.8, 4) is 0 Å². The molecule has 10 heteroatoms. The van der Waals surface area contributed by atoms with E-state index in [1.165, 1.54) is 12.0 Å². The predicted molar refractivity (Wildman–Crippen MR) is 114 cm³/mol. The smallest absolute Gasteiger partial charge is 0.416 e. The summed E-state index contributed by atoms with van der Waals surface area (Å²) in [5.41, 5.74) is 1.56. The summed E-state index contributed by atoms with van der Waals surface area (Å²) >= 11 is 5.95. The normalized spacial score (nSPS) is 15.8. The number of carbonyl (C=O) groups excluding carboxylic acids is 2. The highest BCUT2D eigenvalue weighted by Gasteiger charge is 2.38. The molecule has 0 N–H and O–H groups in total. The van der Waals surface area contributed by atoms with Crippen molar-refractivity contribution < 1.29 is 27.5 Å². The average Bonchev–Trinajstić information content (AvgIpc) is 3.19. The van der Waals surface area contributed by atoms with Crippen LogP contribution >= 0.6 is 11.6 Å². The number of halogens is 4. The molecule has 0 bridgehead atoms. The molecule has 2 aromatic carbocycles. The Morgan fingerprint density at radius 1 is 1.12 bits per heavy atom. The number of aromatic nitrogens is 2. The van der Waals surface area contributed by atoms with Crippen LogP contribution in [0.3, 0.4) is 0 Å². The molecule has 0 saturated carbocycles. The van der Waals surface area contributed by atoms with Gasteiger partial charge < -0.3 is 14.2 Å². The minimum atomic E-state index is -4.51. The molecule has 1 aliphatic heterocycles. The lowest BCUT2D eigenvalue weighted by atomic mass is 10.0. The first kappa shape index (κ1) is 22.8. The summed E-state index contributed by atoms with van der Waals surface area (Å²) in [7, 11) is 1.22. The molecular formula is C23H19ClF3N3O3. The molecule has 1 amide bonds. The molecule has 0 spiro atoms. The number of esters is 1. The van der Waals surface area contributed by atoms with Gasteiger partial charge in [-0.1, -0.05) is 23.7 Å². The standard InChI is InChI=1S/C23H19ClF3N3O3/c1-33-22(32)19-10-18-20(29(13-28-18)11-14-2-8-17(24)9-3-14)12-30(19)21(31)15-4-6-16(7-5-15)23(25,26)27/h2-9,13,19H,10-12H2,1H3. The first-order valence-electron chi connectivity index (χ1n) is 10.0. The van der Waals surface area contributed by atoms with E-state index in [0.29, 0.717) is 17.3 Å². The summed E-state index contributed by atoms with van der Waals surface area (Å²) in [5.74, 6) is -1.18. The summed E-state index contributed by atoms with van der Waals surface area (Å²) in [6, 6.07) is 10.3. The van der Waals surface area contributed by atoms with Gasteiger partial charge in [0.25, 0.3) is 5.91 Å². The van der Waals surface area contributed by atoms with E-state index in [9.17, 15) is 22.8 Å². The summed E-state index contributed by atoms with van der Waals surface area (Å²) in [6.07, 6.45) is -2.73. The quantitative estimate of drug-likeness (QED) is 0.524. The molecule has 3 aromatic rings. The number of carbonyl (C=O) groups is 2. The van der Waals surface area contributed by atoms with Crippen LogP contribution in [0, 0.1) is 0 Å². The summed E-state index contributed by atoms with van der Waals surface area (Å²) < 4.78 is 45.4. The van der Waals surface area contributed by atoms with Crippen molar-refractivity contribution in [1.29, 1.82) is 0 Å². The van der Waals surface area contributed by atoms with Crippen LogP contribution in [0.25, 0.3) is 0 Å². The minimum absolute atomic E-state index is 0.0455. The minimum Gasteiger partial charge on any atom is -0.467 e. The monoisotopic (exact) mass is 477 g/mol. The zero-order valence-electron chi connectivity index (χ0n) is 17.5. The van der Waals surface area contributed by atoms with Crippen molar-refractivity contribution in [3.63, 3.8) is 0 Å². The zero-order valence-corrected chi connectivity index (χ0v) is 18.2. The second-order valence-corrected chi connectivity index (χ2v) is 8.08. The number of amides is 1. The maximum absolute atomic E-state index is 13.2. The van der Waals surface area contributed by atoms with Crippen molar-refractivity contribution in [3.05, 3.63) is 88.0 Å². The van der Waals surface area contributed by atoms with Crippen molar-refractivity contribution in [2.24, 2.45) is 0 Å². The van der Waals surface area contributed by atoms with Crippen molar-refractivity contribution in [2.75, 3.05) is 7.11 Å². The number of benzene rings is 2. The van der Waals surface area contributed by atoms with Gasteiger partial charge in [-0.05, 0) is 42.0 Å². The molecule has 6 nitrogen and oxygen atoms in total. The van der Waals surface area contributed by atoms with Gasteiger partial charge in [0.05, 0.1) is 36.9 Å². The van der Waals surface area contributed by atoms with E-state index in [2.05, 4.69) is 4.98 Å². The van der Waals surface area contributed by atoms with Gasteiger partial charge in [-0.15, -0.1) is 0 Å². The van der Waals surface area contributed by atoms with Crippen LogP contribution < -0.4 is 0 Å². The Morgan fingerprint density at radius 3 is 2.39 bits per heavy atom. The van der Waals surface area contributed by atoms with Crippen molar-refractivity contribution in [1.82, 2.24) is 14.5 Å². The number of nitrogens with zero attached hydrogens (tertiary/aromatic N) is 3. The van der Waals surface area contributed by atoms with Gasteiger partial charge in [-0.2, -0.15) is 13.2 Å². The highest BCUT2D eigenvalue weighted by atomic mass is 35.5. The molecule has 1 aliphatic rings. The van der Waals surface area contributed by atoms with Crippen LogP contribution in [0.2, 0.25) is 5.02 Å². The molecule has 0 radical (unpaired) electrons. The van der Waals surface area contributed by atoms with Crippen molar-refractivity contribution >= 4 is 23.5 Å². The number of hydrogen-bond donors (Lipinski definition) is 0. The third-order valence-corrected chi connectivity index (χ3v) is 5.83. The van der Waals surface area contributed by atoms with Crippen LogP contribution in [0.15, 0.2) is 54.9 Å². The van der Waals surface area contributed by atoms with Gasteiger partial charge in [0.1, 0.15) is 6.04 Å². The van der Waals surface area contributed by atoms with Gasteiger partial charge >= 0.3 is 12.1 Å². The Bertz CT molecular complexity index is 1170. The van der Waals surface area contributed by atoms with Gasteiger partial charge in [0.15, 0.2) is 0 Å². The summed E-state index contributed by atoms with van der Waals surface area (Å²) in [4.78, 5) is 31.4. The molecule has 33 heavy (non-hydrogen) atoms. The first-order valence-corrected chi connectivity index (χ1v) is 10.4. The largest absolute Gasteiger partial charge is 0.467 e. The number of ether oxygens (including phenoxy) is 1. The fourth-order valence-electron chi connectivity index (χ4n) is 3.82. The molecule has 0 saturated heterocycles. The molecule has 4 rings (SSSR count). The van der Waals surface area contributed by atoms with E-state index in [4.69, 9.17) is 16.3 Å². The van der Waals surface area contributed by atoms with E-state index in [1.807, 2.05) is 16.7 Å². The van der Waals surface area contributed by atoms with E-state index in [0.717, 1.165) is 35.5 Å². The molecule has 1 unspecified atom stereocenters. The highest BCUT2D eigenvalue weighted by Crippen LogP contribution is 2.30. The molecule has 1 atom stereocenters. The third kappa shape index (κ3) is 4.73. The number of methoxy groups -OCH3 is 1. The van der Waals surface area contributed by atoms with E-state index in [-0.39, 0.29) is 18.5 Å². The average molecular weight is 478 g/mol. The molecule has 0 fully saturated rings. The molecule has 172 valence electrons. The topological polar surface area (TPSA) is 64.4 Å². The Morgan fingerprint density at radius 2 is 1.79 bits per heavy atom. The molecule has 2 heterocycles. The number of alkyl halides is 3. The molecule has 0 aliphatic carbocycles. The Balaban J connectivity index is 1.64. The number of fused-ring (bicyclic) bond motifs is 1. The molecular weight excluding hydrogens is 459 g/mol. The maximum Gasteiger partial charge on any atom is 0.416 e. The zero-order chi connectivity index (χ0) is 23.8. The third-order valence-electron chi connectivity index (χ3n) is 5.58. The van der Waals surface area contributed by atoms with Crippen LogP contribution in [-0.4, -0.2) is 39.5 Å². The highest BCUT2D eigenvalue weighted by molar-refractivity contribution is 6.30. The van der Waals surface area contributed by atoms with Crippen LogP contribution in [0.5, 0.6) is 0 Å². The number of hydrogen-bond acceptors (Lipinski definition) is 4. The first-order chi connectivity index (χ1) is 15.7. The second-order valence-electron chi connectivity index (χ2n) is 7.64. The lowest BCUT2D eigenvalue weighted by Gasteiger charge is -2.34. The van der Waals surface area contributed by atoms with E-state index >= 15 is 0 Å². The van der Waals surface area contributed by atoms with Gasteiger partial charge in [-0.3, -0.25) is 4.79 Å². The second kappa shape index (κ2) is 8.90. The lowest BCUT2D eigenvalue weighted by molar-refractivity contribution is -0.146. The number of rotatable bonds is 4.